The van der Waals surface area contributed by atoms with Crippen LogP contribution in [0, 0.1) is 11.3 Å². The van der Waals surface area contributed by atoms with Crippen molar-refractivity contribution >= 4 is 83.8 Å². The van der Waals surface area contributed by atoms with Gasteiger partial charge in [0.25, 0.3) is 31.7 Å². The molecule has 92 heavy (non-hydrogen) atoms. The summed E-state index contributed by atoms with van der Waals surface area (Å²) in [6, 6.07) is 31.3. The van der Waals surface area contributed by atoms with E-state index in [1.54, 1.807) is 17.0 Å². The van der Waals surface area contributed by atoms with Gasteiger partial charge in [0.1, 0.15) is 10.9 Å². The Kier molecular flexibility index (Phi) is 21.3. The van der Waals surface area contributed by atoms with Gasteiger partial charge >= 0.3 is 5.51 Å². The highest BCUT2D eigenvalue weighted by Gasteiger charge is 2.49. The van der Waals surface area contributed by atoms with E-state index >= 15 is 0 Å². The van der Waals surface area contributed by atoms with Gasteiger partial charge in [0, 0.05) is 117 Å². The zero-order valence-electron chi connectivity index (χ0n) is 51.7. The van der Waals surface area contributed by atoms with Crippen LogP contribution < -0.4 is 20.3 Å². The van der Waals surface area contributed by atoms with E-state index in [4.69, 9.17) is 16.3 Å². The number of likely N-dealkylation sites (tertiary alicyclic amines) is 1. The number of nitrogens with one attached hydrogen (secondary N) is 3. The average Bonchev–Trinajstić information content (AvgIpc) is 1.04. The number of sulfonamides is 1. The number of nitrogens with zero attached hydrogens (tertiary/aromatic N) is 5. The first kappa shape index (κ1) is 67.1. The molecule has 5 aliphatic heterocycles. The highest BCUT2D eigenvalue weighted by atomic mass is 35.5. The van der Waals surface area contributed by atoms with Gasteiger partial charge in [0.05, 0.1) is 17.2 Å². The summed E-state index contributed by atoms with van der Waals surface area (Å²) in [6.07, 6.45) is 9.04. The maximum absolute atomic E-state index is 14.4. The maximum atomic E-state index is 14.4. The van der Waals surface area contributed by atoms with Gasteiger partial charge in [0.2, 0.25) is 11.8 Å². The minimum atomic E-state index is -6.10. The van der Waals surface area contributed by atoms with Gasteiger partial charge in [-0.3, -0.25) is 29.4 Å². The fraction of sp³-hybridized carbons (Fsp3) is 0.471. The summed E-state index contributed by atoms with van der Waals surface area (Å²) < 4.78 is 105. The minimum Gasteiger partial charge on any atom is -0.380 e. The number of fused-ring (bicyclic) bond motifs is 1. The van der Waals surface area contributed by atoms with Crippen LogP contribution in [0.3, 0.4) is 0 Å². The van der Waals surface area contributed by atoms with Crippen LogP contribution in [0.1, 0.15) is 109 Å². The monoisotopic (exact) mass is 1340 g/mol. The molecule has 0 aromatic heterocycles. The number of ether oxygens (including phenoxy) is 1. The second-order valence-electron chi connectivity index (χ2n) is 25.6. The zero-order chi connectivity index (χ0) is 64.8. The lowest BCUT2D eigenvalue weighted by atomic mass is 9.70. The van der Waals surface area contributed by atoms with E-state index in [2.05, 4.69) is 55.4 Å². The molecule has 1 aliphatic carbocycles. The van der Waals surface area contributed by atoms with E-state index in [1.165, 1.54) is 46.2 Å². The van der Waals surface area contributed by atoms with Crippen molar-refractivity contribution in [2.45, 2.75) is 116 Å². The Labute approximate surface area is 546 Å². The molecule has 492 valence electrons. The fourth-order valence-electron chi connectivity index (χ4n) is 13.9. The average molecular weight is 1340 g/mol. The van der Waals surface area contributed by atoms with Gasteiger partial charge in [0.15, 0.2) is 0 Å². The second-order valence-corrected chi connectivity index (χ2v) is 30.8. The predicted octanol–water partition coefficient (Wildman–Crippen LogP) is 10.3. The SMILES string of the molecule is C[C@@]1(CN2CCC(CCc3ccc4c(c3)CN(C3CCC(=O)NC3=O)C4=O)CC2)CCC(c2ccc(Cl)cc2)=C(CN2CCN(c3ccc(C(=O)NS(=O)(=O)c4ccc(N[C@H](CCN5CCCOCC5)CSc5ccccc5)c(S(=O)(=O)C(F)(F)F)c4)cc3)CC2)C1. The third-order valence-corrected chi connectivity index (χ3v) is 23.3. The summed E-state index contributed by atoms with van der Waals surface area (Å²) in [4.78, 5) is 61.2. The summed E-state index contributed by atoms with van der Waals surface area (Å²) in [6.45, 7) is 12.8. The Balaban J connectivity index is 0.684. The van der Waals surface area contributed by atoms with Crippen molar-refractivity contribution in [2.75, 3.05) is 101 Å². The van der Waals surface area contributed by atoms with E-state index in [1.807, 2.05) is 59.3 Å². The molecule has 4 amide bonds. The molecule has 3 N–H and O–H groups in total. The molecular weight excluding hydrogens is 1260 g/mol. The largest absolute Gasteiger partial charge is 0.501 e. The van der Waals surface area contributed by atoms with Crippen molar-refractivity contribution in [3.63, 3.8) is 0 Å². The molecular formula is C68H80ClF3N8O9S3. The van der Waals surface area contributed by atoms with Crippen LogP contribution in [0.15, 0.2) is 136 Å². The van der Waals surface area contributed by atoms with Crippen LogP contribution in [0.25, 0.3) is 5.57 Å². The molecule has 0 radical (unpaired) electrons. The van der Waals surface area contributed by atoms with Gasteiger partial charge in [-0.25, -0.2) is 21.6 Å². The van der Waals surface area contributed by atoms with Crippen LogP contribution in [0.2, 0.25) is 5.02 Å². The number of imide groups is 1. The van der Waals surface area contributed by atoms with Gasteiger partial charge in [-0.2, -0.15) is 13.2 Å². The topological polar surface area (TPSA) is 198 Å². The number of sulfone groups is 1. The number of benzene rings is 5. The summed E-state index contributed by atoms with van der Waals surface area (Å²) in [7, 11) is -11.0. The summed E-state index contributed by atoms with van der Waals surface area (Å²) in [5, 5.41) is 6.09. The quantitative estimate of drug-likeness (QED) is 0.0437. The first-order valence-electron chi connectivity index (χ1n) is 31.9. The highest BCUT2D eigenvalue weighted by molar-refractivity contribution is 7.99. The first-order valence-corrected chi connectivity index (χ1v) is 36.2. The van der Waals surface area contributed by atoms with E-state index < -0.39 is 64.7 Å². The van der Waals surface area contributed by atoms with Gasteiger partial charge in [-0.15, -0.1) is 11.8 Å². The van der Waals surface area contributed by atoms with E-state index in [0.29, 0.717) is 87.1 Å². The molecule has 0 bridgehead atoms. The molecule has 11 rings (SSSR count). The number of anilines is 2. The van der Waals surface area contributed by atoms with Crippen LogP contribution in [-0.4, -0.2) is 169 Å². The predicted molar refractivity (Wildman–Crippen MR) is 351 cm³/mol. The summed E-state index contributed by atoms with van der Waals surface area (Å²) >= 11 is 7.83. The van der Waals surface area contributed by atoms with Crippen LogP contribution in [-0.2, 0) is 47.2 Å². The maximum Gasteiger partial charge on any atom is 0.501 e. The second kappa shape index (κ2) is 29.1. The number of carbonyl (C=O) groups is 4. The lowest BCUT2D eigenvalue weighted by Crippen LogP contribution is -2.52. The summed E-state index contributed by atoms with van der Waals surface area (Å²) in [5.41, 5.74) is 1.48. The number of aryl methyl sites for hydroxylation is 1. The van der Waals surface area contributed by atoms with Gasteiger partial charge in [-0.1, -0.05) is 66.6 Å². The van der Waals surface area contributed by atoms with Crippen molar-refractivity contribution < 1.29 is 53.9 Å². The molecule has 4 saturated heterocycles. The van der Waals surface area contributed by atoms with E-state index in [0.717, 1.165) is 125 Å². The van der Waals surface area contributed by atoms with Crippen molar-refractivity contribution in [2.24, 2.45) is 11.3 Å². The molecule has 17 nitrogen and oxygen atoms in total. The molecule has 0 spiro atoms. The molecule has 5 heterocycles. The summed E-state index contributed by atoms with van der Waals surface area (Å²) in [5.74, 6) is -0.940. The van der Waals surface area contributed by atoms with Crippen LogP contribution in [0.5, 0.6) is 0 Å². The zero-order valence-corrected chi connectivity index (χ0v) is 54.9. The Morgan fingerprint density at radius 1 is 0.815 bits per heavy atom. The molecule has 0 saturated carbocycles. The van der Waals surface area contributed by atoms with Crippen LogP contribution >= 0.6 is 23.4 Å². The van der Waals surface area contributed by atoms with Crippen molar-refractivity contribution in [3.8, 4) is 0 Å². The third kappa shape index (κ3) is 16.4. The van der Waals surface area contributed by atoms with Crippen molar-refractivity contribution in [1.29, 1.82) is 0 Å². The fourth-order valence-corrected chi connectivity index (χ4v) is 17.0. The smallest absolute Gasteiger partial charge is 0.380 e. The lowest BCUT2D eigenvalue weighted by Gasteiger charge is -2.44. The number of rotatable bonds is 22. The van der Waals surface area contributed by atoms with Crippen molar-refractivity contribution in [3.05, 3.63) is 154 Å². The highest BCUT2D eigenvalue weighted by Crippen LogP contribution is 2.45. The molecule has 6 aliphatic rings. The minimum absolute atomic E-state index is 0.0198. The Morgan fingerprint density at radius 3 is 2.29 bits per heavy atom. The molecule has 1 unspecified atom stereocenters. The number of allylic oxidation sites excluding steroid dienone is 1. The number of carbonyl (C=O) groups excluding carboxylic acids is 4. The number of hydrogen-bond donors (Lipinski definition) is 3. The molecule has 5 aromatic rings. The first-order chi connectivity index (χ1) is 44.1. The Morgan fingerprint density at radius 2 is 1.57 bits per heavy atom. The number of thioether (sulfide) groups is 1. The number of halogens is 4. The standard InChI is InChI=1S/C68H80ClF3N8O9S3/c1-67(46-78-30-25-47(26-31-78)8-9-48-10-20-59-51(40-48)44-80(66(59)84)61-22-23-63(81)74-65(61)83)28-24-58(49-11-15-53(69)16-12-49)52(42-67)43-77-33-35-79(36-34-77)55-17-13-50(14-18-55)64(82)75-92(87,88)57-19-21-60(62(41-57)91(85,86)68(70,71)72)73-54(45-90-56-6-3-2-4-7-56)27-32-76-29-5-38-89-39-37-76/h2-4,6-7,10-21,40-41,47,54,61,73H,5,8-9,22-39,42-46H2,1H3,(H,75,82)(H,74,81,83)/t54-,61?,67-/m1/s1. The normalized spacial score (nSPS) is 21.4. The molecule has 4 fully saturated rings. The Bertz CT molecular complexity index is 3750. The molecule has 24 heteroatoms. The number of hydrogen-bond acceptors (Lipinski definition) is 15. The Hall–Kier alpha value is -6.31. The number of amides is 4. The number of piperidine rings is 2. The van der Waals surface area contributed by atoms with Gasteiger partial charge < -0.3 is 29.7 Å². The van der Waals surface area contributed by atoms with Crippen LogP contribution in [0.4, 0.5) is 24.5 Å². The molecule has 3 atom stereocenters. The van der Waals surface area contributed by atoms with E-state index in [9.17, 15) is 49.2 Å². The molecule has 5 aromatic carbocycles. The number of alkyl halides is 3. The van der Waals surface area contributed by atoms with Gasteiger partial charge in [-0.05, 0) is 184 Å². The van der Waals surface area contributed by atoms with Crippen molar-refractivity contribution in [1.82, 2.24) is 29.6 Å². The van der Waals surface area contributed by atoms with E-state index in [-0.39, 0.29) is 29.2 Å². The number of piperazine rings is 1. The third-order valence-electron chi connectivity index (χ3n) is 19.0. The lowest BCUT2D eigenvalue weighted by molar-refractivity contribution is -0.136.